The van der Waals surface area contributed by atoms with Gasteiger partial charge < -0.3 is 14.6 Å². The van der Waals surface area contributed by atoms with Crippen molar-refractivity contribution in [3.63, 3.8) is 0 Å². The zero-order valence-corrected chi connectivity index (χ0v) is 17.4. The Morgan fingerprint density at radius 1 is 1.11 bits per heavy atom. The van der Waals surface area contributed by atoms with Gasteiger partial charge in [-0.15, -0.1) is 0 Å². The number of carbonyl (C=O) groups is 2. The second kappa shape index (κ2) is 9.21. The monoisotopic (exact) mass is 478 g/mol. The number of rotatable bonds is 5. The van der Waals surface area contributed by atoms with Gasteiger partial charge >= 0.3 is 0 Å². The van der Waals surface area contributed by atoms with Crippen LogP contribution in [-0.2, 0) is 4.79 Å². The quantitative estimate of drug-likeness (QED) is 0.489. The number of amides is 2. The van der Waals surface area contributed by atoms with Crippen molar-refractivity contribution in [2.45, 2.75) is 38.1 Å². The summed E-state index contributed by atoms with van der Waals surface area (Å²) in [5, 5.41) is 2.78. The molecule has 0 saturated heterocycles. The number of hydrogen-bond acceptors (Lipinski definition) is 3. The fraction of sp³-hybridized carbons (Fsp3) is 0.333. The predicted octanol–water partition coefficient (Wildman–Crippen LogP) is 4.94. The molecule has 0 radical (unpaired) electrons. The minimum atomic E-state index is -0.250. The van der Waals surface area contributed by atoms with Gasteiger partial charge in [0.1, 0.15) is 5.76 Å². The summed E-state index contributed by atoms with van der Waals surface area (Å²) in [4.78, 5) is 26.5. The number of nitrogens with zero attached hydrogens (tertiary/aromatic N) is 1. The van der Waals surface area contributed by atoms with Crippen LogP contribution >= 0.6 is 22.6 Å². The number of benzene rings is 1. The van der Waals surface area contributed by atoms with Gasteiger partial charge in [0.2, 0.25) is 5.91 Å². The highest BCUT2D eigenvalue weighted by Gasteiger charge is 2.22. The van der Waals surface area contributed by atoms with Crippen molar-refractivity contribution in [2.24, 2.45) is 0 Å². The fourth-order valence-corrected chi connectivity index (χ4v) is 3.73. The summed E-state index contributed by atoms with van der Waals surface area (Å²) in [5.41, 5.74) is 1.29. The molecule has 2 amide bonds. The van der Waals surface area contributed by atoms with Gasteiger partial charge in [0.05, 0.1) is 0 Å². The molecule has 1 aromatic carbocycles. The number of hydrogen-bond donors (Lipinski definition) is 1. The number of anilines is 1. The molecule has 1 aromatic heterocycles. The van der Waals surface area contributed by atoms with E-state index >= 15 is 0 Å². The molecule has 27 heavy (non-hydrogen) atoms. The van der Waals surface area contributed by atoms with E-state index in [1.165, 1.54) is 25.3 Å². The maximum atomic E-state index is 12.7. The van der Waals surface area contributed by atoms with E-state index in [0.717, 1.165) is 16.6 Å². The summed E-state index contributed by atoms with van der Waals surface area (Å²) >= 11 is 2.07. The van der Waals surface area contributed by atoms with Crippen molar-refractivity contribution in [1.29, 1.82) is 0 Å². The summed E-state index contributed by atoms with van der Waals surface area (Å²) in [7, 11) is 1.88. The van der Waals surface area contributed by atoms with Crippen LogP contribution in [-0.4, -0.2) is 29.8 Å². The van der Waals surface area contributed by atoms with Crippen molar-refractivity contribution in [2.75, 3.05) is 12.4 Å². The van der Waals surface area contributed by atoms with Gasteiger partial charge in [-0.05, 0) is 77.9 Å². The summed E-state index contributed by atoms with van der Waals surface area (Å²) in [5.74, 6) is 0.410. The van der Waals surface area contributed by atoms with E-state index in [2.05, 4.69) is 27.9 Å². The maximum absolute atomic E-state index is 12.7. The van der Waals surface area contributed by atoms with Crippen LogP contribution in [0, 0.1) is 3.77 Å². The molecule has 2 aromatic rings. The molecule has 1 aliphatic carbocycles. The van der Waals surface area contributed by atoms with Gasteiger partial charge in [0, 0.05) is 30.4 Å². The third-order valence-electron chi connectivity index (χ3n) is 4.84. The lowest BCUT2D eigenvalue weighted by molar-refractivity contribution is -0.111. The molecule has 3 rings (SSSR count). The predicted molar refractivity (Wildman–Crippen MR) is 114 cm³/mol. The molecule has 0 spiro atoms. The third-order valence-corrected chi connectivity index (χ3v) is 5.41. The lowest BCUT2D eigenvalue weighted by Crippen LogP contribution is -2.38. The molecule has 142 valence electrons. The Labute approximate surface area is 172 Å². The van der Waals surface area contributed by atoms with Crippen molar-refractivity contribution in [3.05, 3.63) is 57.6 Å². The van der Waals surface area contributed by atoms with Crippen molar-refractivity contribution in [3.8, 4) is 0 Å². The van der Waals surface area contributed by atoms with E-state index in [9.17, 15) is 9.59 Å². The first-order valence-corrected chi connectivity index (χ1v) is 10.2. The van der Waals surface area contributed by atoms with Crippen LogP contribution in [0.25, 0.3) is 6.08 Å². The minimum Gasteiger partial charge on any atom is -0.451 e. The topological polar surface area (TPSA) is 62.6 Å². The molecule has 6 heteroatoms. The van der Waals surface area contributed by atoms with Crippen molar-refractivity contribution >= 4 is 46.2 Å². The summed E-state index contributed by atoms with van der Waals surface area (Å²) in [6.45, 7) is 0. The molecule has 1 saturated carbocycles. The largest absolute Gasteiger partial charge is 0.451 e. The molecule has 1 aliphatic rings. The molecule has 1 N–H and O–H groups in total. The normalized spacial score (nSPS) is 15.0. The average molecular weight is 478 g/mol. The van der Waals surface area contributed by atoms with Crippen molar-refractivity contribution in [1.82, 2.24) is 4.90 Å². The second-order valence-corrected chi connectivity index (χ2v) is 7.81. The van der Waals surface area contributed by atoms with Crippen LogP contribution in [0.5, 0.6) is 0 Å². The van der Waals surface area contributed by atoms with Gasteiger partial charge in [-0.25, -0.2) is 0 Å². The standard InChI is InChI=1S/C21H23IN2O3/c1-24(17-5-3-2-4-6-17)21(26)15-7-9-16(10-8-15)23-20(25)14-12-18-11-13-19(22)27-18/h7-14,17H,2-6H2,1H3,(H,23,25)/b14-12+. The smallest absolute Gasteiger partial charge is 0.253 e. The van der Waals surface area contributed by atoms with Gasteiger partial charge in [0.15, 0.2) is 3.77 Å². The first-order chi connectivity index (χ1) is 13.0. The summed E-state index contributed by atoms with van der Waals surface area (Å²) < 4.78 is 6.15. The van der Waals surface area contributed by atoms with Gasteiger partial charge in [0.25, 0.3) is 5.91 Å². The molecule has 1 fully saturated rings. The van der Waals surface area contributed by atoms with Crippen molar-refractivity contribution < 1.29 is 14.0 Å². The second-order valence-electron chi connectivity index (χ2n) is 6.75. The summed E-state index contributed by atoms with van der Waals surface area (Å²) in [6, 6.07) is 11.0. The molecular weight excluding hydrogens is 455 g/mol. The zero-order chi connectivity index (χ0) is 19.2. The van der Waals surface area contributed by atoms with Crippen LogP contribution in [0.3, 0.4) is 0 Å². The SMILES string of the molecule is CN(C(=O)c1ccc(NC(=O)/C=C/c2ccc(I)o2)cc1)C1CCCCC1. The van der Waals surface area contributed by atoms with Crippen LogP contribution in [0.1, 0.15) is 48.2 Å². The van der Waals surface area contributed by atoms with Gasteiger partial charge in [-0.2, -0.15) is 0 Å². The first kappa shape index (κ1) is 19.7. The van der Waals surface area contributed by atoms with E-state index in [1.54, 1.807) is 36.4 Å². The number of carbonyl (C=O) groups excluding carboxylic acids is 2. The Morgan fingerprint density at radius 2 is 1.81 bits per heavy atom. The highest BCUT2D eigenvalue weighted by molar-refractivity contribution is 14.1. The molecule has 0 unspecified atom stereocenters. The molecule has 1 heterocycles. The maximum Gasteiger partial charge on any atom is 0.253 e. The van der Waals surface area contributed by atoms with E-state index < -0.39 is 0 Å². The average Bonchev–Trinajstić information content (AvgIpc) is 3.12. The lowest BCUT2D eigenvalue weighted by Gasteiger charge is -2.31. The molecule has 5 nitrogen and oxygen atoms in total. The van der Waals surface area contributed by atoms with Crippen LogP contribution in [0.15, 0.2) is 46.9 Å². The van der Waals surface area contributed by atoms with Gasteiger partial charge in [-0.1, -0.05) is 19.3 Å². The Hall–Kier alpha value is -2.09. The molecule has 0 atom stereocenters. The first-order valence-electron chi connectivity index (χ1n) is 9.14. The summed E-state index contributed by atoms with van der Waals surface area (Å²) in [6.07, 6.45) is 8.85. The number of nitrogens with one attached hydrogen (secondary N) is 1. The van der Waals surface area contributed by atoms with E-state index in [1.807, 2.05) is 18.0 Å². The highest BCUT2D eigenvalue weighted by atomic mass is 127. The van der Waals surface area contributed by atoms with E-state index in [4.69, 9.17) is 4.42 Å². The molecule has 0 aliphatic heterocycles. The van der Waals surface area contributed by atoms with Crippen LogP contribution < -0.4 is 5.32 Å². The Kier molecular flexibility index (Phi) is 6.71. The Bertz CT molecular complexity index is 820. The Morgan fingerprint density at radius 3 is 2.44 bits per heavy atom. The van der Waals surface area contributed by atoms with Crippen LogP contribution in [0.4, 0.5) is 5.69 Å². The third kappa shape index (κ3) is 5.45. The molecular formula is C21H23IN2O3. The van der Waals surface area contributed by atoms with Crippen LogP contribution in [0.2, 0.25) is 0 Å². The van der Waals surface area contributed by atoms with E-state index in [-0.39, 0.29) is 11.8 Å². The van der Waals surface area contributed by atoms with Gasteiger partial charge in [-0.3, -0.25) is 9.59 Å². The van der Waals surface area contributed by atoms with E-state index in [0.29, 0.717) is 23.1 Å². The Balaban J connectivity index is 1.57. The lowest BCUT2D eigenvalue weighted by atomic mass is 9.94. The fourth-order valence-electron chi connectivity index (χ4n) is 3.29. The number of furan rings is 1. The molecule has 0 bridgehead atoms. The highest BCUT2D eigenvalue weighted by Crippen LogP contribution is 2.23. The minimum absolute atomic E-state index is 0.0343. The zero-order valence-electron chi connectivity index (χ0n) is 15.3. The number of halogens is 1.